The van der Waals surface area contributed by atoms with Crippen molar-refractivity contribution in [1.29, 1.82) is 0 Å². The Hall–Kier alpha value is -1.62. The van der Waals surface area contributed by atoms with Gasteiger partial charge < -0.3 is 0 Å². The lowest BCUT2D eigenvalue weighted by atomic mass is 9.49. The molecule has 1 aromatic rings. The van der Waals surface area contributed by atoms with Crippen LogP contribution in [0.3, 0.4) is 0 Å². The Balaban J connectivity index is 1.44. The van der Waals surface area contributed by atoms with E-state index in [9.17, 15) is 9.59 Å². The molecule has 0 aliphatic heterocycles. The van der Waals surface area contributed by atoms with Crippen LogP contribution in [0, 0.1) is 17.3 Å². The van der Waals surface area contributed by atoms with Crippen LogP contribution in [0.4, 0.5) is 0 Å². The predicted octanol–water partition coefficient (Wildman–Crippen LogP) is 2.42. The molecule has 1 aromatic heterocycles. The van der Waals surface area contributed by atoms with Gasteiger partial charge >= 0.3 is 0 Å². The summed E-state index contributed by atoms with van der Waals surface area (Å²) >= 11 is 6.75. The van der Waals surface area contributed by atoms with Crippen molar-refractivity contribution >= 4 is 23.4 Å². The van der Waals surface area contributed by atoms with E-state index in [-0.39, 0.29) is 16.7 Å². The van der Waals surface area contributed by atoms with Crippen molar-refractivity contribution < 1.29 is 9.59 Å². The van der Waals surface area contributed by atoms with Gasteiger partial charge in [-0.1, -0.05) is 0 Å². The number of halogens is 1. The molecule has 0 radical (unpaired) electrons. The maximum atomic E-state index is 12.8. The second kappa shape index (κ2) is 5.20. The average Bonchev–Trinajstić information content (AvgIpc) is 2.50. The van der Waals surface area contributed by atoms with E-state index >= 15 is 0 Å². The molecule has 4 aliphatic carbocycles. The molecule has 0 aromatic carbocycles. The largest absolute Gasteiger partial charge is 0.273 e. The number of hydrogen-bond acceptors (Lipinski definition) is 3. The fraction of sp³-hybridized carbons (Fsp3) is 0.588. The normalized spacial score (nSPS) is 37.4. The maximum absolute atomic E-state index is 12.8. The fourth-order valence-corrected chi connectivity index (χ4v) is 5.92. The first-order valence-corrected chi connectivity index (χ1v) is 8.56. The van der Waals surface area contributed by atoms with E-state index in [0.29, 0.717) is 17.4 Å². The van der Waals surface area contributed by atoms with Crippen LogP contribution in [0.15, 0.2) is 24.5 Å². The number of rotatable bonds is 2. The zero-order chi connectivity index (χ0) is 16.1. The first-order valence-electron chi connectivity index (χ1n) is 8.18. The number of nitrogens with one attached hydrogen (secondary N) is 2. The lowest BCUT2D eigenvalue weighted by Crippen LogP contribution is -2.60. The number of hydrogen-bond donors (Lipinski definition) is 2. The highest BCUT2D eigenvalue weighted by Gasteiger charge is 2.60. The van der Waals surface area contributed by atoms with Crippen molar-refractivity contribution in [3.63, 3.8) is 0 Å². The monoisotopic (exact) mass is 333 g/mol. The van der Waals surface area contributed by atoms with Gasteiger partial charge in [-0.15, -0.1) is 11.6 Å². The summed E-state index contributed by atoms with van der Waals surface area (Å²) in [5, 5.41) is 0. The van der Waals surface area contributed by atoms with Crippen molar-refractivity contribution in [3.8, 4) is 0 Å². The van der Waals surface area contributed by atoms with Crippen molar-refractivity contribution in [3.05, 3.63) is 30.1 Å². The van der Waals surface area contributed by atoms with Crippen LogP contribution in [0.2, 0.25) is 0 Å². The SMILES string of the molecule is O=C(NNC(=O)C12C[C@H]3C[C@@H](CC(Cl)(C3)C1)C2)c1cccnc1. The summed E-state index contributed by atoms with van der Waals surface area (Å²) in [6, 6.07) is 3.35. The van der Waals surface area contributed by atoms with Crippen LogP contribution in [-0.2, 0) is 4.79 Å². The first kappa shape index (κ1) is 14.9. The van der Waals surface area contributed by atoms with E-state index in [1.807, 2.05) is 0 Å². The topological polar surface area (TPSA) is 71.1 Å². The maximum Gasteiger partial charge on any atom is 0.271 e. The van der Waals surface area contributed by atoms with Crippen LogP contribution in [0.25, 0.3) is 0 Å². The summed E-state index contributed by atoms with van der Waals surface area (Å²) in [7, 11) is 0. The molecule has 2 atom stereocenters. The number of pyridine rings is 1. The lowest BCUT2D eigenvalue weighted by Gasteiger charge is -2.59. The highest BCUT2D eigenvalue weighted by Crippen LogP contribution is 2.63. The molecule has 5 rings (SSSR count). The van der Waals surface area contributed by atoms with Crippen LogP contribution in [-0.4, -0.2) is 21.7 Å². The molecule has 4 fully saturated rings. The molecule has 0 unspecified atom stereocenters. The quantitative estimate of drug-likeness (QED) is 0.645. The number of nitrogens with zero attached hydrogens (tertiary/aromatic N) is 1. The molecule has 0 saturated heterocycles. The average molecular weight is 334 g/mol. The second-order valence-electron chi connectivity index (χ2n) is 7.54. The Morgan fingerprint density at radius 1 is 1.17 bits per heavy atom. The van der Waals surface area contributed by atoms with Gasteiger partial charge in [-0.3, -0.25) is 25.4 Å². The van der Waals surface area contributed by atoms with E-state index in [2.05, 4.69) is 15.8 Å². The Morgan fingerprint density at radius 3 is 2.52 bits per heavy atom. The van der Waals surface area contributed by atoms with Crippen molar-refractivity contribution in [2.75, 3.05) is 0 Å². The first-order chi connectivity index (χ1) is 11.0. The minimum atomic E-state index is -0.409. The van der Waals surface area contributed by atoms with Crippen LogP contribution >= 0.6 is 11.6 Å². The number of alkyl halides is 1. The summed E-state index contributed by atoms with van der Waals surface area (Å²) in [6.45, 7) is 0. The Kier molecular flexibility index (Phi) is 3.38. The van der Waals surface area contributed by atoms with E-state index in [1.165, 1.54) is 12.6 Å². The Morgan fingerprint density at radius 2 is 1.91 bits per heavy atom. The highest BCUT2D eigenvalue weighted by atomic mass is 35.5. The van der Waals surface area contributed by atoms with Gasteiger partial charge in [-0.05, 0) is 62.5 Å². The molecule has 4 saturated carbocycles. The summed E-state index contributed by atoms with van der Waals surface area (Å²) in [4.78, 5) is 28.5. The zero-order valence-electron chi connectivity index (χ0n) is 12.8. The molecule has 0 spiro atoms. The predicted molar refractivity (Wildman–Crippen MR) is 85.5 cm³/mol. The minimum absolute atomic E-state index is 0.0890. The second-order valence-corrected chi connectivity index (χ2v) is 8.34. The van der Waals surface area contributed by atoms with E-state index in [1.54, 1.807) is 18.3 Å². The zero-order valence-corrected chi connectivity index (χ0v) is 13.6. The standard InChI is InChI=1S/C17H20ClN3O2/c18-17-7-11-4-12(8-17)6-16(5-11,10-17)15(23)21-20-14(22)13-2-1-3-19-9-13/h1-3,9,11-12H,4-8,10H2,(H,20,22)(H,21,23)/t11-,12-,16?,17?/m1/s1. The Labute approximate surface area is 140 Å². The van der Waals surface area contributed by atoms with Crippen LogP contribution in [0.5, 0.6) is 0 Å². The molecule has 6 heteroatoms. The van der Waals surface area contributed by atoms with Crippen molar-refractivity contribution in [2.24, 2.45) is 17.3 Å². The minimum Gasteiger partial charge on any atom is -0.273 e. The number of aromatic nitrogens is 1. The van der Waals surface area contributed by atoms with E-state index in [4.69, 9.17) is 11.6 Å². The summed E-state index contributed by atoms with van der Waals surface area (Å²) < 4.78 is 0. The number of carbonyl (C=O) groups excluding carboxylic acids is 2. The van der Waals surface area contributed by atoms with Gasteiger partial charge in [-0.2, -0.15) is 0 Å². The third-order valence-electron chi connectivity index (χ3n) is 5.68. The molecular weight excluding hydrogens is 314 g/mol. The van der Waals surface area contributed by atoms with Gasteiger partial charge in [-0.25, -0.2) is 0 Å². The molecule has 23 heavy (non-hydrogen) atoms. The van der Waals surface area contributed by atoms with Crippen molar-refractivity contribution in [2.45, 2.75) is 43.4 Å². The van der Waals surface area contributed by atoms with Gasteiger partial charge in [0.1, 0.15) is 0 Å². The fourth-order valence-electron chi connectivity index (χ4n) is 5.23. The molecule has 2 amide bonds. The molecule has 4 aliphatic rings. The number of hydrazine groups is 1. The third-order valence-corrected chi connectivity index (χ3v) is 6.13. The molecule has 122 valence electrons. The number of carbonyl (C=O) groups is 2. The van der Waals surface area contributed by atoms with Crippen LogP contribution in [0.1, 0.15) is 48.9 Å². The van der Waals surface area contributed by atoms with Crippen LogP contribution < -0.4 is 10.9 Å². The van der Waals surface area contributed by atoms with E-state index < -0.39 is 5.41 Å². The lowest BCUT2D eigenvalue weighted by molar-refractivity contribution is -0.145. The summed E-state index contributed by atoms with van der Waals surface area (Å²) in [6.07, 6.45) is 8.85. The highest BCUT2D eigenvalue weighted by molar-refractivity contribution is 6.24. The van der Waals surface area contributed by atoms with Crippen molar-refractivity contribution in [1.82, 2.24) is 15.8 Å². The van der Waals surface area contributed by atoms with Gasteiger partial charge in [0.15, 0.2) is 0 Å². The third kappa shape index (κ3) is 2.61. The number of amides is 2. The molecular formula is C17H20ClN3O2. The summed E-state index contributed by atoms with van der Waals surface area (Å²) in [5.41, 5.74) is 5.16. The molecule has 2 N–H and O–H groups in total. The smallest absolute Gasteiger partial charge is 0.271 e. The van der Waals surface area contributed by atoms with Gasteiger partial charge in [0, 0.05) is 17.3 Å². The van der Waals surface area contributed by atoms with Gasteiger partial charge in [0.2, 0.25) is 5.91 Å². The van der Waals surface area contributed by atoms with Gasteiger partial charge in [0.25, 0.3) is 5.91 Å². The van der Waals surface area contributed by atoms with Gasteiger partial charge in [0.05, 0.1) is 11.0 Å². The molecule has 5 nitrogen and oxygen atoms in total. The Bertz CT molecular complexity index is 634. The summed E-state index contributed by atoms with van der Waals surface area (Å²) in [5.74, 6) is 0.660. The van der Waals surface area contributed by atoms with E-state index in [0.717, 1.165) is 32.1 Å². The molecule has 1 heterocycles. The molecule has 4 bridgehead atoms.